The Morgan fingerprint density at radius 3 is 2.87 bits per heavy atom. The maximum Gasteiger partial charge on any atom is 0.254 e. The summed E-state index contributed by atoms with van der Waals surface area (Å²) < 4.78 is 1.80. The normalized spacial score (nSPS) is 15.8. The molecule has 0 fully saturated rings. The number of allylic oxidation sites excluding steroid dienone is 1. The van der Waals surface area contributed by atoms with E-state index in [4.69, 9.17) is 0 Å². The molecule has 0 unspecified atom stereocenters. The van der Waals surface area contributed by atoms with E-state index >= 15 is 0 Å². The SMILES string of the molecule is C[C@@H](NC(=O)c1cnn(Cc2ccccc2)c1)C1=CCCCC1. The van der Waals surface area contributed by atoms with Crippen molar-refractivity contribution in [3.05, 3.63) is 65.5 Å². The van der Waals surface area contributed by atoms with Crippen LogP contribution in [0.3, 0.4) is 0 Å². The van der Waals surface area contributed by atoms with Crippen molar-refractivity contribution in [2.24, 2.45) is 0 Å². The van der Waals surface area contributed by atoms with E-state index in [1.807, 2.05) is 24.4 Å². The zero-order chi connectivity index (χ0) is 16.1. The first-order valence-corrected chi connectivity index (χ1v) is 8.28. The number of hydrogen-bond donors (Lipinski definition) is 1. The lowest BCUT2D eigenvalue weighted by atomic mass is 9.94. The molecule has 0 radical (unpaired) electrons. The molecule has 1 aliphatic rings. The predicted octanol–water partition coefficient (Wildman–Crippen LogP) is 3.55. The van der Waals surface area contributed by atoms with E-state index in [-0.39, 0.29) is 11.9 Å². The van der Waals surface area contributed by atoms with E-state index in [1.54, 1.807) is 10.9 Å². The molecule has 0 bridgehead atoms. The molecule has 1 heterocycles. The molecule has 1 atom stereocenters. The molecule has 4 heteroatoms. The summed E-state index contributed by atoms with van der Waals surface area (Å²) in [6.07, 6.45) is 10.4. The molecule has 3 rings (SSSR count). The first-order chi connectivity index (χ1) is 11.2. The summed E-state index contributed by atoms with van der Waals surface area (Å²) in [5.41, 5.74) is 3.13. The number of nitrogens with one attached hydrogen (secondary N) is 1. The fraction of sp³-hybridized carbons (Fsp3) is 0.368. The quantitative estimate of drug-likeness (QED) is 0.859. The van der Waals surface area contributed by atoms with Gasteiger partial charge < -0.3 is 5.32 Å². The van der Waals surface area contributed by atoms with Gasteiger partial charge in [0.05, 0.1) is 18.3 Å². The van der Waals surface area contributed by atoms with Crippen LogP contribution in [0.5, 0.6) is 0 Å². The lowest BCUT2D eigenvalue weighted by molar-refractivity contribution is 0.0944. The molecule has 0 saturated heterocycles. The highest BCUT2D eigenvalue weighted by Gasteiger charge is 2.16. The van der Waals surface area contributed by atoms with Gasteiger partial charge in [-0.3, -0.25) is 9.48 Å². The summed E-state index contributed by atoms with van der Waals surface area (Å²) in [4.78, 5) is 12.4. The van der Waals surface area contributed by atoms with Crippen LogP contribution in [-0.2, 0) is 6.54 Å². The second-order valence-corrected chi connectivity index (χ2v) is 6.13. The Labute approximate surface area is 137 Å². The second-order valence-electron chi connectivity index (χ2n) is 6.13. The van der Waals surface area contributed by atoms with Crippen LogP contribution in [0.4, 0.5) is 0 Å². The van der Waals surface area contributed by atoms with Crippen molar-refractivity contribution in [2.45, 2.75) is 45.2 Å². The Kier molecular flexibility index (Phi) is 4.91. The average molecular weight is 309 g/mol. The molecule has 0 spiro atoms. The topological polar surface area (TPSA) is 46.9 Å². The highest BCUT2D eigenvalue weighted by molar-refractivity contribution is 5.94. The summed E-state index contributed by atoms with van der Waals surface area (Å²) in [7, 11) is 0. The Bertz CT molecular complexity index is 688. The molecule has 120 valence electrons. The molecule has 0 saturated carbocycles. The van der Waals surface area contributed by atoms with Crippen LogP contribution in [0, 0.1) is 0 Å². The molecule has 1 aliphatic carbocycles. The average Bonchev–Trinajstić information content (AvgIpc) is 3.05. The van der Waals surface area contributed by atoms with E-state index in [0.717, 1.165) is 12.8 Å². The summed E-state index contributed by atoms with van der Waals surface area (Å²) in [6, 6.07) is 10.2. The van der Waals surface area contributed by atoms with Gasteiger partial charge in [0.25, 0.3) is 5.91 Å². The molecular formula is C19H23N3O. The summed E-state index contributed by atoms with van der Waals surface area (Å²) in [5, 5.41) is 7.38. The van der Waals surface area contributed by atoms with Crippen LogP contribution in [-0.4, -0.2) is 21.7 Å². The lowest BCUT2D eigenvalue weighted by Crippen LogP contribution is -2.34. The minimum Gasteiger partial charge on any atom is -0.346 e. The van der Waals surface area contributed by atoms with E-state index in [9.17, 15) is 4.79 Å². The number of hydrogen-bond acceptors (Lipinski definition) is 2. The summed E-state index contributed by atoms with van der Waals surface area (Å²) in [5.74, 6) is -0.0525. The maximum absolute atomic E-state index is 12.4. The highest BCUT2D eigenvalue weighted by Crippen LogP contribution is 2.20. The zero-order valence-corrected chi connectivity index (χ0v) is 13.5. The number of aromatic nitrogens is 2. The molecule has 0 aliphatic heterocycles. The molecule has 1 N–H and O–H groups in total. The van der Waals surface area contributed by atoms with Crippen molar-refractivity contribution in [2.75, 3.05) is 0 Å². The third-order valence-electron chi connectivity index (χ3n) is 4.31. The minimum atomic E-state index is -0.0525. The van der Waals surface area contributed by atoms with Crippen LogP contribution >= 0.6 is 0 Å². The predicted molar refractivity (Wildman–Crippen MR) is 91.3 cm³/mol. The molecular weight excluding hydrogens is 286 g/mol. The third-order valence-corrected chi connectivity index (χ3v) is 4.31. The first kappa shape index (κ1) is 15.5. The van der Waals surface area contributed by atoms with E-state index in [0.29, 0.717) is 12.1 Å². The molecule has 1 aromatic heterocycles. The monoisotopic (exact) mass is 309 g/mol. The van der Waals surface area contributed by atoms with Crippen molar-refractivity contribution in [3.63, 3.8) is 0 Å². The first-order valence-electron chi connectivity index (χ1n) is 8.28. The van der Waals surface area contributed by atoms with Gasteiger partial charge >= 0.3 is 0 Å². The number of carbonyl (C=O) groups is 1. The Morgan fingerprint density at radius 2 is 2.13 bits per heavy atom. The van der Waals surface area contributed by atoms with Gasteiger partial charge in [-0.2, -0.15) is 5.10 Å². The molecule has 1 aromatic carbocycles. The Hall–Kier alpha value is -2.36. The standard InChI is InChI=1S/C19H23N3O/c1-15(17-10-6-3-7-11-17)21-19(23)18-12-20-22(14-18)13-16-8-4-2-5-9-16/h2,4-5,8-10,12,14-15H,3,6-7,11,13H2,1H3,(H,21,23)/t15-/m1/s1. The van der Waals surface area contributed by atoms with Gasteiger partial charge in [0.2, 0.25) is 0 Å². The van der Waals surface area contributed by atoms with Crippen molar-refractivity contribution in [3.8, 4) is 0 Å². The van der Waals surface area contributed by atoms with Gasteiger partial charge in [-0.15, -0.1) is 0 Å². The van der Waals surface area contributed by atoms with Gasteiger partial charge in [0, 0.05) is 12.2 Å². The van der Waals surface area contributed by atoms with Gasteiger partial charge in [-0.25, -0.2) is 0 Å². The van der Waals surface area contributed by atoms with Gasteiger partial charge in [-0.1, -0.05) is 42.0 Å². The minimum absolute atomic E-state index is 0.0525. The van der Waals surface area contributed by atoms with E-state index in [1.165, 1.54) is 24.0 Å². The number of nitrogens with zero attached hydrogens (tertiary/aromatic N) is 2. The van der Waals surface area contributed by atoms with Gasteiger partial charge in [-0.05, 0) is 38.2 Å². The van der Waals surface area contributed by atoms with Crippen LogP contribution in [0.15, 0.2) is 54.4 Å². The van der Waals surface area contributed by atoms with Gasteiger partial charge in [0.1, 0.15) is 0 Å². The van der Waals surface area contributed by atoms with E-state index < -0.39 is 0 Å². The summed E-state index contributed by atoms with van der Waals surface area (Å²) in [6.45, 7) is 2.73. The van der Waals surface area contributed by atoms with Crippen molar-refractivity contribution < 1.29 is 4.79 Å². The Balaban J connectivity index is 1.61. The fourth-order valence-electron chi connectivity index (χ4n) is 2.97. The number of amides is 1. The van der Waals surface area contributed by atoms with E-state index in [2.05, 4.69) is 35.5 Å². The fourth-order valence-corrected chi connectivity index (χ4v) is 2.97. The largest absolute Gasteiger partial charge is 0.346 e. The number of carbonyl (C=O) groups excluding carboxylic acids is 1. The highest BCUT2D eigenvalue weighted by atomic mass is 16.1. The smallest absolute Gasteiger partial charge is 0.254 e. The lowest BCUT2D eigenvalue weighted by Gasteiger charge is -2.20. The van der Waals surface area contributed by atoms with Crippen molar-refractivity contribution in [1.82, 2.24) is 15.1 Å². The molecule has 4 nitrogen and oxygen atoms in total. The van der Waals surface area contributed by atoms with Crippen LogP contribution < -0.4 is 5.32 Å². The van der Waals surface area contributed by atoms with Crippen LogP contribution in [0.2, 0.25) is 0 Å². The zero-order valence-electron chi connectivity index (χ0n) is 13.5. The van der Waals surface area contributed by atoms with Crippen LogP contribution in [0.1, 0.15) is 48.5 Å². The third kappa shape index (κ3) is 4.09. The van der Waals surface area contributed by atoms with Gasteiger partial charge in [0.15, 0.2) is 0 Å². The second kappa shape index (κ2) is 7.27. The molecule has 2 aromatic rings. The molecule has 23 heavy (non-hydrogen) atoms. The molecule has 1 amide bonds. The maximum atomic E-state index is 12.4. The number of rotatable bonds is 5. The van der Waals surface area contributed by atoms with Crippen molar-refractivity contribution >= 4 is 5.91 Å². The summed E-state index contributed by atoms with van der Waals surface area (Å²) >= 11 is 0. The van der Waals surface area contributed by atoms with Crippen LogP contribution in [0.25, 0.3) is 0 Å². The number of benzene rings is 1. The Morgan fingerprint density at radius 1 is 1.30 bits per heavy atom. The van der Waals surface area contributed by atoms with Crippen molar-refractivity contribution in [1.29, 1.82) is 0 Å².